The molecular formula is C16H15BrFNO. The average molecular weight is 336 g/mol. The molecule has 0 fully saturated rings. The van der Waals surface area contributed by atoms with Gasteiger partial charge in [0.2, 0.25) is 0 Å². The van der Waals surface area contributed by atoms with Crippen molar-refractivity contribution in [1.29, 1.82) is 0 Å². The molecule has 0 saturated heterocycles. The summed E-state index contributed by atoms with van der Waals surface area (Å²) in [5, 5.41) is 2.87. The fraction of sp³-hybridized carbons (Fsp3) is 0.188. The molecule has 20 heavy (non-hydrogen) atoms. The zero-order valence-electron chi connectivity index (χ0n) is 11.3. The summed E-state index contributed by atoms with van der Waals surface area (Å²) in [7, 11) is 0. The van der Waals surface area contributed by atoms with E-state index in [9.17, 15) is 9.18 Å². The van der Waals surface area contributed by atoms with Gasteiger partial charge in [0.1, 0.15) is 5.82 Å². The summed E-state index contributed by atoms with van der Waals surface area (Å²) in [6, 6.07) is 11.9. The minimum absolute atomic E-state index is 0.140. The van der Waals surface area contributed by atoms with Crippen LogP contribution in [0.25, 0.3) is 0 Å². The maximum absolute atomic E-state index is 13.3. The van der Waals surface area contributed by atoms with Crippen molar-refractivity contribution < 1.29 is 9.18 Å². The maximum Gasteiger partial charge on any atom is 0.251 e. The fourth-order valence-corrected chi connectivity index (χ4v) is 2.25. The maximum atomic E-state index is 13.3. The number of aryl methyl sites for hydroxylation is 1. The molecule has 0 bridgehead atoms. The SMILES string of the molecule is Cc1cc(F)cc(C(=O)NC(C)c2ccc(Br)cc2)c1. The zero-order valence-corrected chi connectivity index (χ0v) is 12.9. The first kappa shape index (κ1) is 14.7. The van der Waals surface area contributed by atoms with E-state index >= 15 is 0 Å². The van der Waals surface area contributed by atoms with Gasteiger partial charge >= 0.3 is 0 Å². The van der Waals surface area contributed by atoms with Gasteiger partial charge in [-0.2, -0.15) is 0 Å². The van der Waals surface area contributed by atoms with Crippen LogP contribution in [-0.4, -0.2) is 5.91 Å². The second-order valence-electron chi connectivity index (χ2n) is 4.76. The normalized spacial score (nSPS) is 12.0. The summed E-state index contributed by atoms with van der Waals surface area (Å²) in [4.78, 5) is 12.1. The number of benzene rings is 2. The first-order chi connectivity index (χ1) is 9.45. The Morgan fingerprint density at radius 1 is 1.20 bits per heavy atom. The molecule has 0 aliphatic carbocycles. The van der Waals surface area contributed by atoms with Gasteiger partial charge in [0.05, 0.1) is 6.04 Å². The number of carbonyl (C=O) groups excluding carboxylic acids is 1. The smallest absolute Gasteiger partial charge is 0.251 e. The molecule has 2 aromatic rings. The lowest BCUT2D eigenvalue weighted by atomic mass is 10.1. The van der Waals surface area contributed by atoms with Gasteiger partial charge in [0.15, 0.2) is 0 Å². The molecule has 2 nitrogen and oxygen atoms in total. The van der Waals surface area contributed by atoms with Crippen LogP contribution in [0.1, 0.15) is 34.5 Å². The van der Waals surface area contributed by atoms with Crippen LogP contribution in [0.3, 0.4) is 0 Å². The molecule has 0 heterocycles. The number of nitrogens with one attached hydrogen (secondary N) is 1. The van der Waals surface area contributed by atoms with Crippen molar-refractivity contribution in [2.75, 3.05) is 0 Å². The van der Waals surface area contributed by atoms with Crippen molar-refractivity contribution in [3.63, 3.8) is 0 Å². The monoisotopic (exact) mass is 335 g/mol. The van der Waals surface area contributed by atoms with Crippen LogP contribution in [-0.2, 0) is 0 Å². The van der Waals surface area contributed by atoms with E-state index in [2.05, 4.69) is 21.2 Å². The van der Waals surface area contributed by atoms with Crippen LogP contribution >= 0.6 is 15.9 Å². The summed E-state index contributed by atoms with van der Waals surface area (Å²) in [6.45, 7) is 3.66. The highest BCUT2D eigenvalue weighted by Crippen LogP contribution is 2.17. The first-order valence-electron chi connectivity index (χ1n) is 6.29. The van der Waals surface area contributed by atoms with Gasteiger partial charge in [-0.25, -0.2) is 4.39 Å². The highest BCUT2D eigenvalue weighted by atomic mass is 79.9. The van der Waals surface area contributed by atoms with Gasteiger partial charge in [-0.1, -0.05) is 28.1 Å². The molecule has 1 unspecified atom stereocenters. The number of rotatable bonds is 3. The number of amides is 1. The fourth-order valence-electron chi connectivity index (χ4n) is 1.98. The standard InChI is InChI=1S/C16H15BrFNO/c1-10-7-13(9-15(18)8-10)16(20)19-11(2)12-3-5-14(17)6-4-12/h3-9,11H,1-2H3,(H,19,20). The molecule has 0 aliphatic rings. The van der Waals surface area contributed by atoms with Crippen molar-refractivity contribution >= 4 is 21.8 Å². The molecule has 2 rings (SSSR count). The van der Waals surface area contributed by atoms with E-state index in [1.54, 1.807) is 13.0 Å². The Morgan fingerprint density at radius 3 is 2.45 bits per heavy atom. The Balaban J connectivity index is 2.12. The van der Waals surface area contributed by atoms with Crippen LogP contribution < -0.4 is 5.32 Å². The molecule has 4 heteroatoms. The molecule has 1 amide bonds. The van der Waals surface area contributed by atoms with Gasteiger partial charge in [-0.15, -0.1) is 0 Å². The molecule has 1 N–H and O–H groups in total. The third-order valence-corrected chi connectivity index (χ3v) is 3.55. The van der Waals surface area contributed by atoms with Gasteiger partial charge in [-0.3, -0.25) is 4.79 Å². The number of hydrogen-bond donors (Lipinski definition) is 1. The van der Waals surface area contributed by atoms with E-state index in [-0.39, 0.29) is 11.9 Å². The lowest BCUT2D eigenvalue weighted by Gasteiger charge is -2.15. The van der Waals surface area contributed by atoms with Gasteiger partial charge in [0, 0.05) is 10.0 Å². The third kappa shape index (κ3) is 3.67. The molecule has 0 saturated carbocycles. The van der Waals surface area contributed by atoms with Crippen molar-refractivity contribution in [2.24, 2.45) is 0 Å². The molecular weight excluding hydrogens is 321 g/mol. The summed E-state index contributed by atoms with van der Waals surface area (Å²) >= 11 is 3.37. The van der Waals surface area contributed by atoms with Crippen molar-refractivity contribution in [2.45, 2.75) is 19.9 Å². The molecule has 104 valence electrons. The van der Waals surface area contributed by atoms with Crippen molar-refractivity contribution in [3.05, 3.63) is 69.4 Å². The summed E-state index contributed by atoms with van der Waals surface area (Å²) < 4.78 is 14.3. The highest BCUT2D eigenvalue weighted by Gasteiger charge is 2.12. The average Bonchev–Trinajstić information content (AvgIpc) is 2.38. The lowest BCUT2D eigenvalue weighted by molar-refractivity contribution is 0.0939. The minimum Gasteiger partial charge on any atom is -0.346 e. The lowest BCUT2D eigenvalue weighted by Crippen LogP contribution is -2.26. The summed E-state index contributed by atoms with van der Waals surface area (Å²) in [5.74, 6) is -0.672. The van der Waals surface area contributed by atoms with Crippen LogP contribution in [0.2, 0.25) is 0 Å². The van der Waals surface area contributed by atoms with E-state index in [0.29, 0.717) is 5.56 Å². The summed E-state index contributed by atoms with van der Waals surface area (Å²) in [6.07, 6.45) is 0. The van der Waals surface area contributed by atoms with E-state index in [1.807, 2.05) is 31.2 Å². The molecule has 0 aliphatic heterocycles. The molecule has 0 spiro atoms. The second kappa shape index (κ2) is 6.18. The van der Waals surface area contributed by atoms with Crippen molar-refractivity contribution in [3.8, 4) is 0 Å². The predicted molar refractivity (Wildman–Crippen MR) is 81.2 cm³/mol. The van der Waals surface area contributed by atoms with E-state index in [0.717, 1.165) is 15.6 Å². The number of hydrogen-bond acceptors (Lipinski definition) is 1. The first-order valence-corrected chi connectivity index (χ1v) is 7.08. The third-order valence-electron chi connectivity index (χ3n) is 3.02. The van der Waals surface area contributed by atoms with Gasteiger partial charge < -0.3 is 5.32 Å². The predicted octanol–water partition coefficient (Wildman–Crippen LogP) is 4.39. The Labute approximate surface area is 126 Å². The van der Waals surface area contributed by atoms with Crippen molar-refractivity contribution in [1.82, 2.24) is 5.32 Å². The topological polar surface area (TPSA) is 29.1 Å². The molecule has 1 atom stereocenters. The molecule has 2 aromatic carbocycles. The molecule has 0 radical (unpaired) electrons. The zero-order chi connectivity index (χ0) is 14.7. The highest BCUT2D eigenvalue weighted by molar-refractivity contribution is 9.10. The Kier molecular flexibility index (Phi) is 4.55. The largest absolute Gasteiger partial charge is 0.346 e. The van der Waals surface area contributed by atoms with E-state index < -0.39 is 5.82 Å². The van der Waals surface area contributed by atoms with E-state index in [1.165, 1.54) is 12.1 Å². The van der Waals surface area contributed by atoms with Gasteiger partial charge in [0.25, 0.3) is 5.91 Å². The van der Waals surface area contributed by atoms with Gasteiger partial charge in [-0.05, 0) is 55.3 Å². The minimum atomic E-state index is -0.397. The Morgan fingerprint density at radius 2 is 1.85 bits per heavy atom. The second-order valence-corrected chi connectivity index (χ2v) is 5.68. The number of halogens is 2. The quantitative estimate of drug-likeness (QED) is 0.885. The molecule has 0 aromatic heterocycles. The van der Waals surface area contributed by atoms with E-state index in [4.69, 9.17) is 0 Å². The summed E-state index contributed by atoms with van der Waals surface area (Å²) in [5.41, 5.74) is 2.06. The van der Waals surface area contributed by atoms with Crippen LogP contribution in [0.15, 0.2) is 46.9 Å². The Hall–Kier alpha value is -1.68. The van der Waals surface area contributed by atoms with Crippen LogP contribution in [0, 0.1) is 12.7 Å². The van der Waals surface area contributed by atoms with Crippen LogP contribution in [0.4, 0.5) is 4.39 Å². The number of carbonyl (C=O) groups is 1. The van der Waals surface area contributed by atoms with Crippen LogP contribution in [0.5, 0.6) is 0 Å². The Bertz CT molecular complexity index is 605.